The van der Waals surface area contributed by atoms with Crippen molar-refractivity contribution in [2.24, 2.45) is 5.92 Å². The van der Waals surface area contributed by atoms with Gasteiger partial charge in [0.1, 0.15) is 4.88 Å². The zero-order chi connectivity index (χ0) is 14.3. The number of carboxylic acid groups (broad SMARTS) is 1. The molecule has 4 rings (SSSR count). The molecule has 2 N–H and O–H groups in total. The summed E-state index contributed by atoms with van der Waals surface area (Å²) in [6.45, 7) is 2.84. The number of rotatable bonds is 4. The van der Waals surface area contributed by atoms with Crippen LogP contribution in [0.1, 0.15) is 22.5 Å². The summed E-state index contributed by atoms with van der Waals surface area (Å²) in [5.74, 6) is -0.702. The lowest BCUT2D eigenvalue weighted by atomic mass is 9.85. The van der Waals surface area contributed by atoms with E-state index in [9.17, 15) is 13.2 Å². The van der Waals surface area contributed by atoms with E-state index in [1.165, 1.54) is 11.4 Å². The minimum Gasteiger partial charge on any atom is -0.477 e. The zero-order valence-electron chi connectivity index (χ0n) is 10.8. The molecule has 1 atom stereocenters. The van der Waals surface area contributed by atoms with E-state index in [1.807, 2.05) is 0 Å². The summed E-state index contributed by atoms with van der Waals surface area (Å²) >= 11 is 0.933. The van der Waals surface area contributed by atoms with Gasteiger partial charge in [-0.1, -0.05) is 0 Å². The summed E-state index contributed by atoms with van der Waals surface area (Å²) in [4.78, 5) is 13.2. The topological polar surface area (TPSA) is 86.7 Å². The molecule has 1 aromatic heterocycles. The van der Waals surface area contributed by atoms with E-state index in [1.54, 1.807) is 0 Å². The number of carbonyl (C=O) groups is 1. The minimum atomic E-state index is -3.62. The van der Waals surface area contributed by atoms with Crippen LogP contribution in [0.4, 0.5) is 0 Å². The normalized spacial score (nSPS) is 29.5. The van der Waals surface area contributed by atoms with E-state index >= 15 is 0 Å². The third-order valence-corrected chi connectivity index (χ3v) is 6.60. The Bertz CT molecular complexity index is 617. The summed E-state index contributed by atoms with van der Waals surface area (Å²) < 4.78 is 27.3. The van der Waals surface area contributed by atoms with Crippen LogP contribution in [0.3, 0.4) is 0 Å². The van der Waals surface area contributed by atoms with Crippen molar-refractivity contribution < 1.29 is 18.3 Å². The van der Waals surface area contributed by atoms with E-state index in [0.29, 0.717) is 5.92 Å². The summed E-state index contributed by atoms with van der Waals surface area (Å²) in [6, 6.07) is 1.16. The maximum absolute atomic E-state index is 12.3. The molecule has 3 fully saturated rings. The van der Waals surface area contributed by atoms with Gasteiger partial charge in [0.2, 0.25) is 10.0 Å². The molecule has 0 saturated carbocycles. The third kappa shape index (κ3) is 2.60. The molecular formula is C12H16N2O4S2. The van der Waals surface area contributed by atoms with E-state index in [4.69, 9.17) is 5.11 Å². The molecule has 6 nitrogen and oxygen atoms in total. The number of hydrogen-bond donors (Lipinski definition) is 2. The standard InChI is InChI=1S/C12H16N2O4S2/c15-12(16)11-5-9(7-19-11)20(17,18)13-10-6-14-3-1-8(10)2-4-14/h5,7-8,10,13H,1-4,6H2,(H,15,16). The molecule has 20 heavy (non-hydrogen) atoms. The third-order valence-electron chi connectivity index (χ3n) is 4.06. The Hall–Kier alpha value is -0.960. The largest absolute Gasteiger partial charge is 0.477 e. The molecule has 0 aromatic carbocycles. The number of sulfonamides is 1. The quantitative estimate of drug-likeness (QED) is 0.859. The van der Waals surface area contributed by atoms with Gasteiger partial charge in [0.25, 0.3) is 0 Å². The van der Waals surface area contributed by atoms with Crippen LogP contribution in [0.25, 0.3) is 0 Å². The van der Waals surface area contributed by atoms with Gasteiger partial charge in [-0.25, -0.2) is 17.9 Å². The molecule has 0 radical (unpaired) electrons. The number of hydrogen-bond acceptors (Lipinski definition) is 5. The average Bonchev–Trinajstić information content (AvgIpc) is 2.90. The first kappa shape index (κ1) is 14.0. The second-order valence-electron chi connectivity index (χ2n) is 5.32. The highest BCUT2D eigenvalue weighted by Crippen LogP contribution is 2.29. The Balaban J connectivity index is 1.76. The molecule has 0 amide bonds. The van der Waals surface area contributed by atoms with Crippen molar-refractivity contribution in [2.75, 3.05) is 19.6 Å². The number of thiophene rings is 1. The molecule has 3 aliphatic rings. The van der Waals surface area contributed by atoms with Gasteiger partial charge >= 0.3 is 5.97 Å². The predicted molar refractivity (Wildman–Crippen MR) is 74.6 cm³/mol. The molecule has 3 saturated heterocycles. The van der Waals surface area contributed by atoms with Crippen molar-refractivity contribution >= 4 is 27.3 Å². The lowest BCUT2D eigenvalue weighted by Gasteiger charge is -2.44. The first-order valence-electron chi connectivity index (χ1n) is 6.52. The first-order chi connectivity index (χ1) is 9.45. The highest BCUT2D eigenvalue weighted by atomic mass is 32.2. The number of aromatic carboxylic acids is 1. The number of piperidine rings is 3. The van der Waals surface area contributed by atoms with Crippen LogP contribution in [0.15, 0.2) is 16.3 Å². The van der Waals surface area contributed by atoms with Crippen molar-refractivity contribution in [3.8, 4) is 0 Å². The van der Waals surface area contributed by atoms with Gasteiger partial charge in [0, 0.05) is 18.0 Å². The highest BCUT2D eigenvalue weighted by molar-refractivity contribution is 7.89. The fourth-order valence-electron chi connectivity index (χ4n) is 2.94. The molecular weight excluding hydrogens is 300 g/mol. The Morgan fingerprint density at radius 2 is 2.10 bits per heavy atom. The SMILES string of the molecule is O=C(O)c1cc(S(=O)(=O)NC2CN3CCC2CC3)cs1. The lowest BCUT2D eigenvalue weighted by molar-refractivity contribution is 0.0702. The lowest BCUT2D eigenvalue weighted by Crippen LogP contribution is -2.57. The van der Waals surface area contributed by atoms with Crippen LogP contribution in [-0.2, 0) is 10.0 Å². The molecule has 1 aromatic rings. The van der Waals surface area contributed by atoms with Crippen LogP contribution in [0, 0.1) is 5.92 Å². The van der Waals surface area contributed by atoms with Gasteiger partial charge in [-0.15, -0.1) is 11.3 Å². The van der Waals surface area contributed by atoms with Crippen molar-refractivity contribution in [1.82, 2.24) is 9.62 Å². The summed E-state index contributed by atoms with van der Waals surface area (Å²) in [5, 5.41) is 10.2. The van der Waals surface area contributed by atoms with E-state index in [2.05, 4.69) is 9.62 Å². The van der Waals surface area contributed by atoms with Crippen LogP contribution in [0.5, 0.6) is 0 Å². The molecule has 3 aliphatic heterocycles. The molecule has 0 spiro atoms. The maximum Gasteiger partial charge on any atom is 0.345 e. The van der Waals surface area contributed by atoms with E-state index in [0.717, 1.165) is 43.8 Å². The maximum atomic E-state index is 12.3. The van der Waals surface area contributed by atoms with Crippen molar-refractivity contribution in [3.63, 3.8) is 0 Å². The summed E-state index contributed by atoms with van der Waals surface area (Å²) in [6.07, 6.45) is 2.05. The first-order valence-corrected chi connectivity index (χ1v) is 8.88. The minimum absolute atomic E-state index is 0.0410. The van der Waals surface area contributed by atoms with Crippen molar-refractivity contribution in [3.05, 3.63) is 16.3 Å². The Kier molecular flexibility index (Phi) is 3.57. The Morgan fingerprint density at radius 3 is 2.60 bits per heavy atom. The van der Waals surface area contributed by atoms with Gasteiger partial charge in [-0.2, -0.15) is 0 Å². The Labute approximate surface area is 121 Å². The molecule has 0 aliphatic carbocycles. The fourth-order valence-corrected chi connectivity index (χ4v) is 5.35. The summed E-state index contributed by atoms with van der Waals surface area (Å²) in [5.41, 5.74) is 0. The second kappa shape index (κ2) is 5.10. The van der Waals surface area contributed by atoms with Crippen LogP contribution in [-0.4, -0.2) is 50.1 Å². The zero-order valence-corrected chi connectivity index (χ0v) is 12.4. The highest BCUT2D eigenvalue weighted by Gasteiger charge is 2.36. The number of carboxylic acids is 1. The summed E-state index contributed by atoms with van der Waals surface area (Å²) in [7, 11) is -3.62. The molecule has 1 unspecified atom stereocenters. The smallest absolute Gasteiger partial charge is 0.345 e. The van der Waals surface area contributed by atoms with Gasteiger partial charge in [0.15, 0.2) is 0 Å². The van der Waals surface area contributed by atoms with Crippen molar-refractivity contribution in [2.45, 2.75) is 23.8 Å². The molecule has 8 heteroatoms. The van der Waals surface area contributed by atoms with Crippen LogP contribution < -0.4 is 4.72 Å². The van der Waals surface area contributed by atoms with Crippen LogP contribution in [0.2, 0.25) is 0 Å². The molecule has 110 valence electrons. The number of fused-ring (bicyclic) bond motifs is 3. The monoisotopic (exact) mass is 316 g/mol. The predicted octanol–water partition coefficient (Wildman–Crippen LogP) is 0.819. The van der Waals surface area contributed by atoms with Crippen LogP contribution >= 0.6 is 11.3 Å². The van der Waals surface area contributed by atoms with E-state index < -0.39 is 16.0 Å². The van der Waals surface area contributed by atoms with Gasteiger partial charge in [-0.05, 0) is 37.9 Å². The average molecular weight is 316 g/mol. The van der Waals surface area contributed by atoms with E-state index in [-0.39, 0.29) is 15.8 Å². The van der Waals surface area contributed by atoms with Gasteiger partial charge < -0.3 is 10.0 Å². The fraction of sp³-hybridized carbons (Fsp3) is 0.583. The molecule has 2 bridgehead atoms. The molecule has 4 heterocycles. The van der Waals surface area contributed by atoms with Gasteiger partial charge in [-0.3, -0.25) is 0 Å². The van der Waals surface area contributed by atoms with Crippen molar-refractivity contribution in [1.29, 1.82) is 0 Å². The number of nitrogens with one attached hydrogen (secondary N) is 1. The van der Waals surface area contributed by atoms with Gasteiger partial charge in [0.05, 0.1) is 4.90 Å². The Morgan fingerprint density at radius 1 is 1.40 bits per heavy atom. The second-order valence-corrected chi connectivity index (χ2v) is 7.94. The number of nitrogens with zero attached hydrogens (tertiary/aromatic N) is 1.